The number of carbonyl (C=O) groups excluding carboxylic acids is 2. The average molecular weight is 352 g/mol. The molecule has 0 radical (unpaired) electrons. The van der Waals surface area contributed by atoms with Crippen molar-refractivity contribution in [2.45, 2.75) is 4.90 Å². The molecule has 9 nitrogen and oxygen atoms in total. The van der Waals surface area contributed by atoms with Crippen LogP contribution in [0.15, 0.2) is 26.3 Å². The second-order valence-electron chi connectivity index (χ2n) is 4.58. The highest BCUT2D eigenvalue weighted by Crippen LogP contribution is 2.26. The van der Waals surface area contributed by atoms with Crippen molar-refractivity contribution in [2.24, 2.45) is 0 Å². The molecule has 128 valence electrons. The number of fused-ring (bicyclic) bond motifs is 1. The van der Waals surface area contributed by atoms with E-state index in [1.54, 1.807) is 0 Å². The molecule has 10 heteroatoms. The Hall–Kier alpha value is -2.75. The van der Waals surface area contributed by atoms with Crippen molar-refractivity contribution in [3.63, 3.8) is 0 Å². The molecule has 2 rings (SSSR count). The van der Waals surface area contributed by atoms with E-state index in [0.29, 0.717) is 17.2 Å². The molecule has 24 heavy (non-hydrogen) atoms. The summed E-state index contributed by atoms with van der Waals surface area (Å²) < 4.78 is 4.93. The van der Waals surface area contributed by atoms with E-state index in [1.165, 1.54) is 38.0 Å². The van der Waals surface area contributed by atoms with Gasteiger partial charge in [-0.2, -0.15) is 0 Å². The van der Waals surface area contributed by atoms with Crippen LogP contribution in [0.1, 0.15) is 10.5 Å². The summed E-state index contributed by atoms with van der Waals surface area (Å²) in [6.45, 7) is 0.337. The predicted octanol–water partition coefficient (Wildman–Crippen LogP) is 0.274. The van der Waals surface area contributed by atoms with Crippen LogP contribution in [0.4, 0.5) is 4.79 Å². The molecule has 1 heterocycles. The lowest BCUT2D eigenvalue weighted by molar-refractivity contribution is 0.0955. The molecule has 2 aromatic rings. The van der Waals surface area contributed by atoms with Gasteiger partial charge in [-0.1, -0.05) is 5.16 Å². The summed E-state index contributed by atoms with van der Waals surface area (Å²) in [5, 5.41) is 20.8. The van der Waals surface area contributed by atoms with Crippen molar-refractivity contribution in [1.82, 2.24) is 21.1 Å². The van der Waals surface area contributed by atoms with Crippen molar-refractivity contribution in [2.75, 3.05) is 26.4 Å². The summed E-state index contributed by atoms with van der Waals surface area (Å²) in [7, 11) is 2.90. The fourth-order valence-electron chi connectivity index (χ4n) is 1.91. The molecule has 1 aromatic heterocycles. The zero-order chi connectivity index (χ0) is 17.7. The number of rotatable bonds is 5. The summed E-state index contributed by atoms with van der Waals surface area (Å²) in [4.78, 5) is 35.9. The molecule has 0 saturated heterocycles. The van der Waals surface area contributed by atoms with Crippen LogP contribution >= 0.6 is 11.8 Å². The maximum absolute atomic E-state index is 12.7. The Morgan fingerprint density at radius 3 is 2.71 bits per heavy atom. The van der Waals surface area contributed by atoms with Crippen molar-refractivity contribution >= 4 is 34.7 Å². The van der Waals surface area contributed by atoms with Crippen LogP contribution in [0, 0.1) is 0 Å². The van der Waals surface area contributed by atoms with Gasteiger partial charge in [-0.3, -0.25) is 9.59 Å². The zero-order valence-electron chi connectivity index (χ0n) is 13.0. The van der Waals surface area contributed by atoms with Gasteiger partial charge in [0.1, 0.15) is 5.39 Å². The lowest BCUT2D eigenvalue weighted by atomic mass is 10.2. The maximum atomic E-state index is 12.7. The van der Waals surface area contributed by atoms with Crippen molar-refractivity contribution < 1.29 is 19.2 Å². The molecule has 0 atom stereocenters. The standard InChI is InChI=1S/C14H16N4O5S/c1-15-13(21)10-9-11(20)8(24-6-5-17-14(22)16-2)4-3-7(19)12(9)23-18-10/h3-4,19H,5-6H2,1-2H3,(H,15,21)(H2,16,17,22). The summed E-state index contributed by atoms with van der Waals surface area (Å²) in [5.41, 5.74) is -0.807. The van der Waals surface area contributed by atoms with Gasteiger partial charge >= 0.3 is 6.03 Å². The van der Waals surface area contributed by atoms with E-state index >= 15 is 0 Å². The molecule has 0 aliphatic heterocycles. The number of hydrogen-bond donors (Lipinski definition) is 4. The Morgan fingerprint density at radius 1 is 1.29 bits per heavy atom. The van der Waals surface area contributed by atoms with Crippen LogP contribution in [0.3, 0.4) is 0 Å². The first kappa shape index (κ1) is 17.6. The highest BCUT2D eigenvalue weighted by molar-refractivity contribution is 7.99. The topological polar surface area (TPSA) is 134 Å². The number of carbonyl (C=O) groups is 2. The number of aromatic hydroxyl groups is 1. The molecule has 4 N–H and O–H groups in total. The van der Waals surface area contributed by atoms with E-state index in [9.17, 15) is 19.5 Å². The van der Waals surface area contributed by atoms with Gasteiger partial charge in [-0.25, -0.2) is 4.79 Å². The second-order valence-corrected chi connectivity index (χ2v) is 5.72. The fraction of sp³-hybridized carbons (Fsp3) is 0.286. The first-order chi connectivity index (χ1) is 11.5. The van der Waals surface area contributed by atoms with Gasteiger partial charge in [0.2, 0.25) is 11.0 Å². The minimum atomic E-state index is -0.589. The summed E-state index contributed by atoms with van der Waals surface area (Å²) in [6.07, 6.45) is 0. The van der Waals surface area contributed by atoms with Gasteiger partial charge in [-0.05, 0) is 12.1 Å². The van der Waals surface area contributed by atoms with Crippen LogP contribution in [-0.4, -0.2) is 48.6 Å². The molecule has 0 fully saturated rings. The van der Waals surface area contributed by atoms with Crippen molar-refractivity contribution in [3.8, 4) is 5.75 Å². The normalized spacial score (nSPS) is 10.4. The summed E-state index contributed by atoms with van der Waals surface area (Å²) in [5.74, 6) is -0.455. The van der Waals surface area contributed by atoms with Crippen LogP contribution in [-0.2, 0) is 0 Å². The van der Waals surface area contributed by atoms with Gasteiger partial charge in [-0.15, -0.1) is 11.8 Å². The molecular formula is C14H16N4O5S. The lowest BCUT2D eigenvalue weighted by Gasteiger charge is -2.03. The summed E-state index contributed by atoms with van der Waals surface area (Å²) >= 11 is 1.18. The van der Waals surface area contributed by atoms with Crippen LogP contribution in [0.2, 0.25) is 0 Å². The highest BCUT2D eigenvalue weighted by Gasteiger charge is 2.21. The maximum Gasteiger partial charge on any atom is 0.314 e. The second kappa shape index (κ2) is 7.68. The van der Waals surface area contributed by atoms with Gasteiger partial charge in [0.05, 0.1) is 4.90 Å². The predicted molar refractivity (Wildman–Crippen MR) is 88.5 cm³/mol. The fourth-order valence-corrected chi connectivity index (χ4v) is 2.73. The van der Waals surface area contributed by atoms with Gasteiger partial charge in [0.25, 0.3) is 5.91 Å². The first-order valence-electron chi connectivity index (χ1n) is 6.95. The molecule has 0 aliphatic rings. The zero-order valence-corrected chi connectivity index (χ0v) is 13.8. The Labute approximate surface area is 140 Å². The minimum Gasteiger partial charge on any atom is -0.504 e. The Bertz CT molecular complexity index is 836. The van der Waals surface area contributed by atoms with Crippen LogP contribution in [0.25, 0.3) is 11.0 Å². The largest absolute Gasteiger partial charge is 0.504 e. The van der Waals surface area contributed by atoms with E-state index in [-0.39, 0.29) is 28.4 Å². The first-order valence-corrected chi connectivity index (χ1v) is 7.94. The third-order valence-electron chi connectivity index (χ3n) is 3.08. The van der Waals surface area contributed by atoms with E-state index in [1.807, 2.05) is 0 Å². The Balaban J connectivity index is 2.36. The number of urea groups is 1. The molecular weight excluding hydrogens is 336 g/mol. The van der Waals surface area contributed by atoms with Crippen molar-refractivity contribution in [3.05, 3.63) is 28.0 Å². The van der Waals surface area contributed by atoms with E-state index in [2.05, 4.69) is 21.1 Å². The molecule has 1 aromatic carbocycles. The smallest absolute Gasteiger partial charge is 0.314 e. The number of nitrogens with zero attached hydrogens (tertiary/aromatic N) is 1. The van der Waals surface area contributed by atoms with E-state index in [0.717, 1.165) is 0 Å². The summed E-state index contributed by atoms with van der Waals surface area (Å²) in [6, 6.07) is 2.42. The van der Waals surface area contributed by atoms with Crippen LogP contribution < -0.4 is 21.4 Å². The van der Waals surface area contributed by atoms with Crippen molar-refractivity contribution in [1.29, 1.82) is 0 Å². The van der Waals surface area contributed by atoms with E-state index in [4.69, 9.17) is 4.52 Å². The molecule has 0 saturated carbocycles. The third kappa shape index (κ3) is 3.59. The number of thioether (sulfide) groups is 1. The lowest BCUT2D eigenvalue weighted by Crippen LogP contribution is -2.34. The quantitative estimate of drug-likeness (QED) is 0.448. The van der Waals surface area contributed by atoms with E-state index < -0.39 is 11.3 Å². The number of aromatic nitrogens is 1. The SMILES string of the molecule is CNC(=O)NCCSc1ccc(O)c2onc(C(=O)NC)c2c1=O. The highest BCUT2D eigenvalue weighted by atomic mass is 32.2. The van der Waals surface area contributed by atoms with Gasteiger partial charge < -0.3 is 25.6 Å². The molecule has 0 unspecified atom stereocenters. The molecule has 0 aliphatic carbocycles. The number of amides is 3. The van der Waals surface area contributed by atoms with Crippen LogP contribution in [0.5, 0.6) is 5.75 Å². The average Bonchev–Trinajstić information content (AvgIpc) is 2.99. The Morgan fingerprint density at radius 2 is 2.04 bits per heavy atom. The molecule has 0 bridgehead atoms. The van der Waals surface area contributed by atoms with Gasteiger partial charge in [0.15, 0.2) is 11.4 Å². The minimum absolute atomic E-state index is 0.0846. The number of hydrogen-bond acceptors (Lipinski definition) is 7. The monoisotopic (exact) mass is 352 g/mol. The molecule has 0 spiro atoms. The molecule has 3 amide bonds. The Kier molecular flexibility index (Phi) is 5.64. The van der Waals surface area contributed by atoms with Gasteiger partial charge in [0, 0.05) is 26.4 Å². The third-order valence-corrected chi connectivity index (χ3v) is 4.12. The number of nitrogens with one attached hydrogen (secondary N) is 3.